The number of amides is 3. The van der Waals surface area contributed by atoms with Crippen LogP contribution in [-0.4, -0.2) is 50.5 Å². The summed E-state index contributed by atoms with van der Waals surface area (Å²) in [5.41, 5.74) is 0. The lowest BCUT2D eigenvalue weighted by atomic mass is 10.2. The van der Waals surface area contributed by atoms with Crippen molar-refractivity contribution in [2.45, 2.75) is 32.4 Å². The summed E-state index contributed by atoms with van der Waals surface area (Å²) in [5, 5.41) is 7.53. The Labute approximate surface area is 107 Å². The molecule has 3 N–H and O–H groups in total. The lowest BCUT2D eigenvalue weighted by Gasteiger charge is -2.17. The summed E-state index contributed by atoms with van der Waals surface area (Å²) in [6.45, 7) is 3.77. The molecule has 104 valence electrons. The monoisotopic (exact) mass is 277 g/mol. The first-order chi connectivity index (χ1) is 8.34. The van der Waals surface area contributed by atoms with Crippen LogP contribution in [0, 0.1) is 0 Å². The van der Waals surface area contributed by atoms with Crippen molar-refractivity contribution in [3.8, 4) is 0 Å². The van der Waals surface area contributed by atoms with Crippen LogP contribution < -0.4 is 16.0 Å². The molecule has 1 aliphatic rings. The van der Waals surface area contributed by atoms with Crippen LogP contribution in [0.5, 0.6) is 0 Å². The lowest BCUT2D eigenvalue weighted by molar-refractivity contribution is -0.121. The van der Waals surface area contributed by atoms with E-state index in [-0.39, 0.29) is 17.5 Å². The molecule has 7 nitrogen and oxygen atoms in total. The Morgan fingerprint density at radius 3 is 2.56 bits per heavy atom. The number of rotatable bonds is 4. The van der Waals surface area contributed by atoms with Gasteiger partial charge in [0.25, 0.3) is 0 Å². The molecule has 1 rings (SSSR count). The maximum atomic E-state index is 11.6. The van der Waals surface area contributed by atoms with Gasteiger partial charge in [0.15, 0.2) is 9.84 Å². The Morgan fingerprint density at radius 1 is 1.39 bits per heavy atom. The van der Waals surface area contributed by atoms with Crippen molar-refractivity contribution in [3.63, 3.8) is 0 Å². The molecule has 1 fully saturated rings. The van der Waals surface area contributed by atoms with Gasteiger partial charge in [-0.2, -0.15) is 0 Å². The largest absolute Gasteiger partial charge is 0.338 e. The minimum atomic E-state index is -2.97. The van der Waals surface area contributed by atoms with Gasteiger partial charge in [-0.15, -0.1) is 0 Å². The van der Waals surface area contributed by atoms with Crippen LogP contribution in [0.2, 0.25) is 0 Å². The highest BCUT2D eigenvalue weighted by atomic mass is 32.2. The number of imide groups is 1. The summed E-state index contributed by atoms with van der Waals surface area (Å²) in [4.78, 5) is 22.7. The minimum absolute atomic E-state index is 0.0474. The molecular formula is C10H19N3O4S. The van der Waals surface area contributed by atoms with Crippen LogP contribution in [0.4, 0.5) is 4.79 Å². The molecule has 1 saturated heterocycles. The predicted octanol–water partition coefficient (Wildman–Crippen LogP) is -1.00. The molecule has 8 heteroatoms. The fraction of sp³-hybridized carbons (Fsp3) is 0.800. The third kappa shape index (κ3) is 4.61. The third-order valence-corrected chi connectivity index (χ3v) is 4.45. The van der Waals surface area contributed by atoms with E-state index in [2.05, 4.69) is 16.0 Å². The SMILES string of the molecule is CCNC(=O)NC(=O)C(C)NC1CCS(=O)(=O)C1. The maximum Gasteiger partial charge on any atom is 0.321 e. The fourth-order valence-corrected chi connectivity index (χ4v) is 3.47. The summed E-state index contributed by atoms with van der Waals surface area (Å²) in [6, 6.07) is -1.37. The highest BCUT2D eigenvalue weighted by molar-refractivity contribution is 7.91. The maximum absolute atomic E-state index is 11.6. The summed E-state index contributed by atoms with van der Waals surface area (Å²) in [5.74, 6) is -0.272. The average molecular weight is 277 g/mol. The molecule has 1 aliphatic heterocycles. The fourth-order valence-electron chi connectivity index (χ4n) is 1.78. The van der Waals surface area contributed by atoms with Crippen molar-refractivity contribution < 1.29 is 18.0 Å². The van der Waals surface area contributed by atoms with Gasteiger partial charge in [-0.05, 0) is 20.3 Å². The Hall–Kier alpha value is -1.15. The van der Waals surface area contributed by atoms with E-state index in [4.69, 9.17) is 0 Å². The number of hydrogen-bond donors (Lipinski definition) is 3. The molecule has 2 atom stereocenters. The predicted molar refractivity (Wildman–Crippen MR) is 66.9 cm³/mol. The molecule has 1 heterocycles. The Bertz CT molecular complexity index is 421. The van der Waals surface area contributed by atoms with Crippen molar-refractivity contribution in [1.29, 1.82) is 0 Å². The van der Waals surface area contributed by atoms with E-state index in [0.717, 1.165) is 0 Å². The van der Waals surface area contributed by atoms with Crippen LogP contribution in [-0.2, 0) is 14.6 Å². The lowest BCUT2D eigenvalue weighted by Crippen LogP contribution is -2.50. The number of sulfone groups is 1. The third-order valence-electron chi connectivity index (χ3n) is 2.69. The molecule has 0 spiro atoms. The van der Waals surface area contributed by atoms with E-state index in [1.165, 1.54) is 0 Å². The second kappa shape index (κ2) is 6.14. The van der Waals surface area contributed by atoms with E-state index in [0.29, 0.717) is 13.0 Å². The molecule has 0 bridgehead atoms. The number of hydrogen-bond acceptors (Lipinski definition) is 5. The zero-order valence-corrected chi connectivity index (χ0v) is 11.3. The van der Waals surface area contributed by atoms with Gasteiger partial charge in [0.1, 0.15) is 0 Å². The van der Waals surface area contributed by atoms with Crippen LogP contribution >= 0.6 is 0 Å². The molecule has 3 amide bonds. The van der Waals surface area contributed by atoms with Gasteiger partial charge in [-0.3, -0.25) is 10.1 Å². The first-order valence-corrected chi connectivity index (χ1v) is 7.71. The molecule has 0 saturated carbocycles. The van der Waals surface area contributed by atoms with Gasteiger partial charge >= 0.3 is 6.03 Å². The summed E-state index contributed by atoms with van der Waals surface area (Å²) in [6.07, 6.45) is 0.501. The summed E-state index contributed by atoms with van der Waals surface area (Å²) < 4.78 is 22.5. The van der Waals surface area contributed by atoms with Gasteiger partial charge in [-0.1, -0.05) is 0 Å². The molecule has 0 aromatic rings. The van der Waals surface area contributed by atoms with E-state index in [9.17, 15) is 18.0 Å². The zero-order valence-electron chi connectivity index (χ0n) is 10.5. The van der Waals surface area contributed by atoms with Crippen LogP contribution in [0.1, 0.15) is 20.3 Å². The topological polar surface area (TPSA) is 104 Å². The average Bonchev–Trinajstić information content (AvgIpc) is 2.58. The van der Waals surface area contributed by atoms with Crippen molar-refractivity contribution in [2.75, 3.05) is 18.1 Å². The second-order valence-electron chi connectivity index (χ2n) is 4.34. The molecule has 0 radical (unpaired) electrons. The molecule has 18 heavy (non-hydrogen) atoms. The van der Waals surface area contributed by atoms with Crippen molar-refractivity contribution in [1.82, 2.24) is 16.0 Å². The van der Waals surface area contributed by atoms with Crippen molar-refractivity contribution in [3.05, 3.63) is 0 Å². The van der Waals surface area contributed by atoms with Gasteiger partial charge in [0.05, 0.1) is 17.5 Å². The van der Waals surface area contributed by atoms with Crippen LogP contribution in [0.3, 0.4) is 0 Å². The molecular weight excluding hydrogens is 258 g/mol. The number of carbonyl (C=O) groups excluding carboxylic acids is 2. The van der Waals surface area contributed by atoms with Gasteiger partial charge in [-0.25, -0.2) is 13.2 Å². The number of urea groups is 1. The normalized spacial score (nSPS) is 23.3. The molecule has 0 aromatic carbocycles. The van der Waals surface area contributed by atoms with Crippen molar-refractivity contribution in [2.24, 2.45) is 0 Å². The molecule has 0 aromatic heterocycles. The van der Waals surface area contributed by atoms with Crippen LogP contribution in [0.15, 0.2) is 0 Å². The van der Waals surface area contributed by atoms with Gasteiger partial charge in [0, 0.05) is 12.6 Å². The highest BCUT2D eigenvalue weighted by Crippen LogP contribution is 2.11. The Morgan fingerprint density at radius 2 is 2.06 bits per heavy atom. The minimum Gasteiger partial charge on any atom is -0.338 e. The van der Waals surface area contributed by atoms with E-state index < -0.39 is 27.8 Å². The quantitative estimate of drug-likeness (QED) is 0.611. The standard InChI is InChI=1S/C10H19N3O4S/c1-3-11-10(15)13-9(14)7(2)12-8-4-5-18(16,17)6-8/h7-8,12H,3-6H2,1-2H3,(H2,11,13,14,15). The van der Waals surface area contributed by atoms with Gasteiger partial charge in [0.2, 0.25) is 5.91 Å². The highest BCUT2D eigenvalue weighted by Gasteiger charge is 2.30. The zero-order chi connectivity index (χ0) is 13.8. The van der Waals surface area contributed by atoms with E-state index >= 15 is 0 Å². The Balaban J connectivity index is 2.39. The first-order valence-electron chi connectivity index (χ1n) is 5.89. The second-order valence-corrected chi connectivity index (χ2v) is 6.57. The van der Waals surface area contributed by atoms with Crippen molar-refractivity contribution >= 4 is 21.8 Å². The molecule has 2 unspecified atom stereocenters. The Kier molecular flexibility index (Phi) is 5.09. The van der Waals surface area contributed by atoms with Crippen LogP contribution in [0.25, 0.3) is 0 Å². The van der Waals surface area contributed by atoms with E-state index in [1.807, 2.05) is 0 Å². The van der Waals surface area contributed by atoms with E-state index in [1.54, 1.807) is 13.8 Å². The molecule has 0 aliphatic carbocycles. The number of carbonyl (C=O) groups is 2. The van der Waals surface area contributed by atoms with Gasteiger partial charge < -0.3 is 10.6 Å². The number of nitrogens with one attached hydrogen (secondary N) is 3. The first kappa shape index (κ1) is 14.9. The smallest absolute Gasteiger partial charge is 0.321 e. The summed E-state index contributed by atoms with van der Waals surface area (Å²) in [7, 11) is -2.97. The summed E-state index contributed by atoms with van der Waals surface area (Å²) >= 11 is 0.